The van der Waals surface area contributed by atoms with E-state index in [0.29, 0.717) is 5.69 Å². The Morgan fingerprint density at radius 3 is 2.29 bits per heavy atom. The Bertz CT molecular complexity index is 526. The first-order chi connectivity index (χ1) is 8.11. The van der Waals surface area contributed by atoms with Crippen molar-refractivity contribution in [2.75, 3.05) is 0 Å². The lowest BCUT2D eigenvalue weighted by Crippen LogP contribution is -2.11. The number of aromatic nitrogens is 1. The summed E-state index contributed by atoms with van der Waals surface area (Å²) in [6.07, 6.45) is 0. The molecule has 0 radical (unpaired) electrons. The molecule has 3 nitrogen and oxygen atoms in total. The smallest absolute Gasteiger partial charge is 0.352 e. The average molecular weight is 229 g/mol. The number of benzene rings is 1. The first kappa shape index (κ1) is 11.5. The summed E-state index contributed by atoms with van der Waals surface area (Å²) in [5.74, 6) is -0.888. The molecule has 1 aromatic heterocycles. The van der Waals surface area contributed by atoms with Crippen molar-refractivity contribution in [2.24, 2.45) is 0 Å². The van der Waals surface area contributed by atoms with Crippen LogP contribution in [0.25, 0.3) is 11.3 Å². The lowest BCUT2D eigenvalue weighted by Gasteiger charge is -2.15. The van der Waals surface area contributed by atoms with E-state index < -0.39 is 5.97 Å². The minimum atomic E-state index is -0.888. The molecule has 0 spiro atoms. The van der Waals surface area contributed by atoms with Crippen LogP contribution in [-0.2, 0) is 0 Å². The Labute approximate surface area is 100 Å². The van der Waals surface area contributed by atoms with E-state index in [1.807, 2.05) is 54.8 Å². The summed E-state index contributed by atoms with van der Waals surface area (Å²) in [5.41, 5.74) is 2.31. The van der Waals surface area contributed by atoms with Crippen LogP contribution in [0.3, 0.4) is 0 Å². The van der Waals surface area contributed by atoms with E-state index in [4.69, 9.17) is 5.11 Å². The molecule has 1 heterocycles. The predicted octanol–water partition coefficient (Wildman–Crippen LogP) is 3.43. The molecule has 0 saturated carbocycles. The largest absolute Gasteiger partial charge is 0.477 e. The molecule has 2 aromatic rings. The van der Waals surface area contributed by atoms with E-state index in [2.05, 4.69) is 0 Å². The SMILES string of the molecule is CC(C)n1c(C(=O)O)ccc1-c1ccccc1. The van der Waals surface area contributed by atoms with Crippen molar-refractivity contribution >= 4 is 5.97 Å². The Morgan fingerprint density at radius 2 is 1.76 bits per heavy atom. The molecule has 88 valence electrons. The van der Waals surface area contributed by atoms with E-state index in [9.17, 15) is 4.79 Å². The van der Waals surface area contributed by atoms with Gasteiger partial charge in [-0.2, -0.15) is 0 Å². The molecule has 1 aromatic carbocycles. The van der Waals surface area contributed by atoms with Crippen LogP contribution in [0, 0.1) is 0 Å². The predicted molar refractivity (Wildman–Crippen MR) is 67.2 cm³/mol. The molecule has 0 aliphatic heterocycles. The topological polar surface area (TPSA) is 42.2 Å². The molecule has 0 aliphatic carbocycles. The fourth-order valence-electron chi connectivity index (χ4n) is 2.02. The number of carboxylic acid groups (broad SMARTS) is 1. The molecule has 2 rings (SSSR count). The maximum atomic E-state index is 11.2. The number of hydrogen-bond acceptors (Lipinski definition) is 1. The van der Waals surface area contributed by atoms with Crippen molar-refractivity contribution in [1.82, 2.24) is 4.57 Å². The van der Waals surface area contributed by atoms with Crippen molar-refractivity contribution in [3.8, 4) is 11.3 Å². The minimum absolute atomic E-state index is 0.117. The van der Waals surface area contributed by atoms with Gasteiger partial charge in [0, 0.05) is 11.7 Å². The van der Waals surface area contributed by atoms with Crippen LogP contribution in [0.5, 0.6) is 0 Å². The molecule has 0 fully saturated rings. The van der Waals surface area contributed by atoms with E-state index in [1.54, 1.807) is 6.07 Å². The molecule has 0 atom stereocenters. The summed E-state index contributed by atoms with van der Waals surface area (Å²) < 4.78 is 1.84. The van der Waals surface area contributed by atoms with Gasteiger partial charge in [0.2, 0.25) is 0 Å². The van der Waals surface area contributed by atoms with Gasteiger partial charge in [-0.1, -0.05) is 30.3 Å². The molecule has 17 heavy (non-hydrogen) atoms. The number of rotatable bonds is 3. The summed E-state index contributed by atoms with van der Waals surface area (Å²) in [7, 11) is 0. The van der Waals surface area contributed by atoms with Gasteiger partial charge in [-0.3, -0.25) is 0 Å². The van der Waals surface area contributed by atoms with Gasteiger partial charge in [-0.15, -0.1) is 0 Å². The third-order valence-electron chi connectivity index (χ3n) is 2.72. The van der Waals surface area contributed by atoms with Crippen LogP contribution >= 0.6 is 0 Å². The van der Waals surface area contributed by atoms with Crippen molar-refractivity contribution in [3.05, 3.63) is 48.2 Å². The normalized spacial score (nSPS) is 10.8. The Balaban J connectivity index is 2.60. The molecule has 1 N–H and O–H groups in total. The van der Waals surface area contributed by atoms with E-state index in [0.717, 1.165) is 11.3 Å². The Kier molecular flexibility index (Phi) is 3.00. The number of aromatic carboxylic acids is 1. The quantitative estimate of drug-likeness (QED) is 0.876. The molecule has 0 bridgehead atoms. The van der Waals surface area contributed by atoms with E-state index in [-0.39, 0.29) is 6.04 Å². The summed E-state index contributed by atoms with van der Waals surface area (Å²) >= 11 is 0. The van der Waals surface area contributed by atoms with Gasteiger partial charge < -0.3 is 9.67 Å². The second-order valence-electron chi connectivity index (χ2n) is 4.24. The summed E-state index contributed by atoms with van der Waals surface area (Å²) in [4.78, 5) is 11.2. The zero-order valence-corrected chi connectivity index (χ0v) is 9.92. The molecule has 0 amide bonds. The summed E-state index contributed by atoms with van der Waals surface area (Å²) in [6, 6.07) is 13.5. The van der Waals surface area contributed by atoms with Gasteiger partial charge >= 0.3 is 5.97 Å². The van der Waals surface area contributed by atoms with Gasteiger partial charge in [-0.25, -0.2) is 4.79 Å². The second kappa shape index (κ2) is 4.45. The van der Waals surface area contributed by atoms with Crippen molar-refractivity contribution in [3.63, 3.8) is 0 Å². The van der Waals surface area contributed by atoms with Crippen LogP contribution < -0.4 is 0 Å². The molecular weight excluding hydrogens is 214 g/mol. The third-order valence-corrected chi connectivity index (χ3v) is 2.72. The van der Waals surface area contributed by atoms with Gasteiger partial charge in [-0.05, 0) is 31.5 Å². The highest BCUT2D eigenvalue weighted by molar-refractivity contribution is 5.87. The first-order valence-electron chi connectivity index (χ1n) is 5.61. The highest BCUT2D eigenvalue weighted by atomic mass is 16.4. The lowest BCUT2D eigenvalue weighted by atomic mass is 10.1. The van der Waals surface area contributed by atoms with Crippen LogP contribution in [-0.4, -0.2) is 15.6 Å². The van der Waals surface area contributed by atoms with Gasteiger partial charge in [0.25, 0.3) is 0 Å². The Hall–Kier alpha value is -2.03. The Morgan fingerprint density at radius 1 is 1.12 bits per heavy atom. The number of nitrogens with zero attached hydrogens (tertiary/aromatic N) is 1. The monoisotopic (exact) mass is 229 g/mol. The van der Waals surface area contributed by atoms with Crippen LogP contribution in [0.2, 0.25) is 0 Å². The van der Waals surface area contributed by atoms with Crippen LogP contribution in [0.15, 0.2) is 42.5 Å². The van der Waals surface area contributed by atoms with E-state index in [1.165, 1.54) is 0 Å². The summed E-state index contributed by atoms with van der Waals surface area (Å²) in [5, 5.41) is 9.15. The number of carbonyl (C=O) groups is 1. The lowest BCUT2D eigenvalue weighted by molar-refractivity contribution is 0.0683. The number of hydrogen-bond donors (Lipinski definition) is 1. The zero-order chi connectivity index (χ0) is 12.4. The molecule has 0 unspecified atom stereocenters. The average Bonchev–Trinajstić information content (AvgIpc) is 2.74. The van der Waals surface area contributed by atoms with Crippen molar-refractivity contribution in [1.29, 1.82) is 0 Å². The molecule has 0 aliphatic rings. The zero-order valence-electron chi connectivity index (χ0n) is 9.92. The standard InChI is InChI=1S/C14H15NO2/c1-10(2)15-12(8-9-13(15)14(16)17)11-6-4-3-5-7-11/h3-10H,1-2H3,(H,16,17). The molecule has 0 saturated heterocycles. The second-order valence-corrected chi connectivity index (χ2v) is 4.24. The van der Waals surface area contributed by atoms with Gasteiger partial charge in [0.05, 0.1) is 0 Å². The highest BCUT2D eigenvalue weighted by Gasteiger charge is 2.16. The van der Waals surface area contributed by atoms with Crippen molar-refractivity contribution < 1.29 is 9.90 Å². The fourth-order valence-corrected chi connectivity index (χ4v) is 2.02. The van der Waals surface area contributed by atoms with E-state index >= 15 is 0 Å². The fraction of sp³-hybridized carbons (Fsp3) is 0.214. The molecule has 3 heteroatoms. The first-order valence-corrected chi connectivity index (χ1v) is 5.61. The number of carboxylic acids is 1. The highest BCUT2D eigenvalue weighted by Crippen LogP contribution is 2.26. The van der Waals surface area contributed by atoms with Gasteiger partial charge in [0.1, 0.15) is 5.69 Å². The molecular formula is C14H15NO2. The summed E-state index contributed by atoms with van der Waals surface area (Å²) in [6.45, 7) is 3.97. The van der Waals surface area contributed by atoms with Crippen LogP contribution in [0.1, 0.15) is 30.4 Å². The van der Waals surface area contributed by atoms with Gasteiger partial charge in [0.15, 0.2) is 0 Å². The maximum Gasteiger partial charge on any atom is 0.352 e. The third kappa shape index (κ3) is 2.09. The minimum Gasteiger partial charge on any atom is -0.477 e. The maximum absolute atomic E-state index is 11.2. The van der Waals surface area contributed by atoms with Crippen molar-refractivity contribution in [2.45, 2.75) is 19.9 Å². The van der Waals surface area contributed by atoms with Crippen LogP contribution in [0.4, 0.5) is 0 Å².